The highest BCUT2D eigenvalue weighted by molar-refractivity contribution is 7.20. The zero-order chi connectivity index (χ0) is 12.0. The van der Waals surface area contributed by atoms with Gasteiger partial charge in [0.25, 0.3) is 0 Å². The topological polar surface area (TPSA) is 80.6 Å². The summed E-state index contributed by atoms with van der Waals surface area (Å²) in [7, 11) is 0. The Kier molecular flexibility index (Phi) is 2.02. The second-order valence-corrected chi connectivity index (χ2v) is 4.51. The Morgan fingerprint density at radius 3 is 3.06 bits per heavy atom. The van der Waals surface area contributed by atoms with E-state index < -0.39 is 5.97 Å². The molecule has 0 aliphatic heterocycles. The quantitative estimate of drug-likeness (QED) is 0.751. The molecule has 0 saturated heterocycles. The van der Waals surface area contributed by atoms with Crippen molar-refractivity contribution in [3.05, 3.63) is 29.9 Å². The Balaban J connectivity index is 2.15. The summed E-state index contributed by atoms with van der Waals surface area (Å²) in [6.45, 7) is 1.68. The van der Waals surface area contributed by atoms with Crippen LogP contribution in [0.2, 0.25) is 0 Å². The third-order valence-corrected chi connectivity index (χ3v) is 3.46. The molecule has 3 aromatic heterocycles. The number of nitrogens with zero attached hydrogens (tertiary/aromatic N) is 3. The van der Waals surface area contributed by atoms with Crippen molar-refractivity contribution in [2.75, 3.05) is 0 Å². The molecule has 0 radical (unpaired) electrons. The number of carboxylic acids is 1. The molecule has 0 fully saturated rings. The van der Waals surface area contributed by atoms with E-state index in [1.54, 1.807) is 13.1 Å². The third-order valence-electron chi connectivity index (χ3n) is 2.44. The summed E-state index contributed by atoms with van der Waals surface area (Å²) in [6, 6.07) is 0. The van der Waals surface area contributed by atoms with Gasteiger partial charge >= 0.3 is 5.97 Å². The fraction of sp³-hybridized carbons (Fsp3) is 0.100. The monoisotopic (exact) mass is 249 g/mol. The van der Waals surface area contributed by atoms with Crippen LogP contribution in [-0.2, 0) is 0 Å². The van der Waals surface area contributed by atoms with E-state index >= 15 is 0 Å². The van der Waals surface area contributed by atoms with Crippen molar-refractivity contribution in [2.24, 2.45) is 0 Å². The predicted molar refractivity (Wildman–Crippen MR) is 60.3 cm³/mol. The van der Waals surface area contributed by atoms with Gasteiger partial charge in [-0.1, -0.05) is 16.5 Å². The zero-order valence-electron chi connectivity index (χ0n) is 8.75. The van der Waals surface area contributed by atoms with Gasteiger partial charge in [-0.15, -0.1) is 0 Å². The molecule has 3 rings (SSSR count). The molecule has 0 aromatic carbocycles. The van der Waals surface area contributed by atoms with Crippen LogP contribution in [0.4, 0.5) is 0 Å². The van der Waals surface area contributed by atoms with E-state index in [0.717, 1.165) is 9.84 Å². The second-order valence-electron chi connectivity index (χ2n) is 3.50. The fourth-order valence-corrected chi connectivity index (χ4v) is 2.58. The number of aromatic carboxylic acids is 1. The summed E-state index contributed by atoms with van der Waals surface area (Å²) in [5, 5.41) is 12.7. The number of rotatable bonds is 2. The maximum atomic E-state index is 10.8. The van der Waals surface area contributed by atoms with Crippen LogP contribution < -0.4 is 0 Å². The van der Waals surface area contributed by atoms with Crippen LogP contribution in [0.25, 0.3) is 15.5 Å². The van der Waals surface area contributed by atoms with Gasteiger partial charge in [0.1, 0.15) is 5.69 Å². The normalized spacial score (nSPS) is 11.1. The van der Waals surface area contributed by atoms with Gasteiger partial charge in [0.15, 0.2) is 4.96 Å². The first-order chi connectivity index (χ1) is 8.16. The Bertz CT molecular complexity index is 681. The number of thiazole rings is 1. The number of hydrogen-bond donors (Lipinski definition) is 1. The van der Waals surface area contributed by atoms with E-state index in [-0.39, 0.29) is 5.76 Å². The van der Waals surface area contributed by atoms with Gasteiger partial charge in [-0.25, -0.2) is 9.78 Å². The average Bonchev–Trinajstić information content (AvgIpc) is 2.88. The van der Waals surface area contributed by atoms with Crippen molar-refractivity contribution in [1.29, 1.82) is 0 Å². The average molecular weight is 249 g/mol. The molecule has 0 aliphatic rings. The lowest BCUT2D eigenvalue weighted by Crippen LogP contribution is -1.95. The highest BCUT2D eigenvalue weighted by Crippen LogP contribution is 2.30. The number of hydrogen-bond acceptors (Lipinski definition) is 5. The van der Waals surface area contributed by atoms with Crippen LogP contribution in [0.1, 0.15) is 16.1 Å². The van der Waals surface area contributed by atoms with E-state index in [0.29, 0.717) is 11.3 Å². The molecule has 0 amide bonds. The summed E-state index contributed by atoms with van der Waals surface area (Å²) in [5.74, 6) is -1.23. The molecule has 17 heavy (non-hydrogen) atoms. The molecule has 0 bridgehead atoms. The van der Waals surface area contributed by atoms with E-state index in [1.807, 2.05) is 16.8 Å². The molecule has 0 aliphatic carbocycles. The van der Waals surface area contributed by atoms with Crippen LogP contribution in [-0.4, -0.2) is 25.6 Å². The molecule has 6 nitrogen and oxygen atoms in total. The van der Waals surface area contributed by atoms with Crippen LogP contribution in [0.15, 0.2) is 23.1 Å². The predicted octanol–water partition coefficient (Wildman–Crippen LogP) is 2.06. The van der Waals surface area contributed by atoms with Crippen molar-refractivity contribution in [2.45, 2.75) is 6.92 Å². The first-order valence-electron chi connectivity index (χ1n) is 4.79. The molecule has 0 spiro atoms. The highest BCUT2D eigenvalue weighted by Gasteiger charge is 2.20. The first kappa shape index (κ1) is 10.0. The van der Waals surface area contributed by atoms with Crippen LogP contribution in [0, 0.1) is 6.92 Å². The minimum absolute atomic E-state index is 0.119. The summed E-state index contributed by atoms with van der Waals surface area (Å²) in [4.78, 5) is 16.7. The van der Waals surface area contributed by atoms with Gasteiger partial charge in [0, 0.05) is 24.2 Å². The lowest BCUT2D eigenvalue weighted by Gasteiger charge is -1.90. The summed E-state index contributed by atoms with van der Waals surface area (Å²) < 4.78 is 6.67. The largest absolute Gasteiger partial charge is 0.475 e. The Morgan fingerprint density at radius 1 is 1.59 bits per heavy atom. The van der Waals surface area contributed by atoms with E-state index in [4.69, 9.17) is 9.63 Å². The second kappa shape index (κ2) is 3.42. The van der Waals surface area contributed by atoms with Gasteiger partial charge in [0.2, 0.25) is 5.76 Å². The maximum absolute atomic E-state index is 10.8. The first-order valence-corrected chi connectivity index (χ1v) is 5.61. The van der Waals surface area contributed by atoms with E-state index in [9.17, 15) is 4.79 Å². The molecule has 0 atom stereocenters. The van der Waals surface area contributed by atoms with Gasteiger partial charge < -0.3 is 9.63 Å². The number of carboxylic acid groups (broad SMARTS) is 1. The Labute approximate surface area is 99.1 Å². The molecule has 3 aromatic rings. The van der Waals surface area contributed by atoms with Crippen LogP contribution >= 0.6 is 11.3 Å². The molecular formula is C10H7N3O3S. The fourth-order valence-electron chi connectivity index (χ4n) is 1.60. The van der Waals surface area contributed by atoms with Crippen molar-refractivity contribution in [1.82, 2.24) is 14.5 Å². The molecule has 1 N–H and O–H groups in total. The smallest absolute Gasteiger partial charge is 0.375 e. The lowest BCUT2D eigenvalue weighted by molar-refractivity contribution is 0.0651. The van der Waals surface area contributed by atoms with Crippen molar-refractivity contribution in [3.63, 3.8) is 0 Å². The lowest BCUT2D eigenvalue weighted by atomic mass is 10.2. The Hall–Kier alpha value is -2.15. The molecule has 3 heterocycles. The number of aromatic nitrogens is 3. The molecule has 0 unspecified atom stereocenters. The maximum Gasteiger partial charge on any atom is 0.375 e. The summed E-state index contributed by atoms with van der Waals surface area (Å²) in [5.41, 5.74) is 1.08. The SMILES string of the molecule is Cc1c(-c2cn3ccnc3s2)noc1C(=O)O. The van der Waals surface area contributed by atoms with Gasteiger partial charge in [-0.05, 0) is 6.92 Å². The summed E-state index contributed by atoms with van der Waals surface area (Å²) in [6.07, 6.45) is 5.38. The van der Waals surface area contributed by atoms with E-state index in [1.165, 1.54) is 11.3 Å². The van der Waals surface area contributed by atoms with Crippen LogP contribution in [0.3, 0.4) is 0 Å². The molecule has 7 heteroatoms. The van der Waals surface area contributed by atoms with Gasteiger partial charge in [-0.3, -0.25) is 4.40 Å². The van der Waals surface area contributed by atoms with Crippen LogP contribution in [0.5, 0.6) is 0 Å². The summed E-state index contributed by atoms with van der Waals surface area (Å²) >= 11 is 1.43. The minimum Gasteiger partial charge on any atom is -0.475 e. The minimum atomic E-state index is -1.11. The zero-order valence-corrected chi connectivity index (χ0v) is 9.56. The van der Waals surface area contributed by atoms with Gasteiger partial charge in [-0.2, -0.15) is 0 Å². The van der Waals surface area contributed by atoms with Crippen molar-refractivity contribution in [3.8, 4) is 10.6 Å². The number of carbonyl (C=O) groups is 1. The molecular weight excluding hydrogens is 242 g/mol. The van der Waals surface area contributed by atoms with Crippen molar-refractivity contribution < 1.29 is 14.4 Å². The molecule has 0 saturated carbocycles. The van der Waals surface area contributed by atoms with Crippen molar-refractivity contribution >= 4 is 22.3 Å². The van der Waals surface area contributed by atoms with Gasteiger partial charge in [0.05, 0.1) is 4.88 Å². The number of fused-ring (bicyclic) bond motifs is 1. The highest BCUT2D eigenvalue weighted by atomic mass is 32.1. The number of imidazole rings is 1. The standard InChI is InChI=1S/C10H7N3O3S/c1-5-7(12-16-8(5)9(14)15)6-4-13-3-2-11-10(13)17-6/h2-4H,1H3,(H,14,15). The Morgan fingerprint density at radius 2 is 2.41 bits per heavy atom. The van der Waals surface area contributed by atoms with E-state index in [2.05, 4.69) is 10.1 Å². The molecule has 86 valence electrons. The third kappa shape index (κ3) is 1.43.